The molecule has 1 atom stereocenters. The van der Waals surface area contributed by atoms with Crippen LogP contribution in [-0.4, -0.2) is 61.7 Å². The van der Waals surface area contributed by atoms with Crippen molar-refractivity contribution in [2.75, 3.05) is 11.9 Å². The zero-order valence-corrected chi connectivity index (χ0v) is 20.3. The molecule has 0 saturated carbocycles. The van der Waals surface area contributed by atoms with Gasteiger partial charge in [-0.25, -0.2) is 9.78 Å². The molecule has 0 fully saturated rings. The number of carboxylic acids is 1. The van der Waals surface area contributed by atoms with Gasteiger partial charge in [-0.2, -0.15) is 0 Å². The Morgan fingerprint density at radius 3 is 2.32 bits per heavy atom. The number of benzene rings is 2. The van der Waals surface area contributed by atoms with Crippen LogP contribution in [0.4, 0.5) is 5.13 Å². The zero-order chi connectivity index (χ0) is 27.1. The van der Waals surface area contributed by atoms with Crippen LogP contribution in [0.5, 0.6) is 17.2 Å². The normalized spacial score (nSPS) is 11.4. The van der Waals surface area contributed by atoms with E-state index < -0.39 is 30.4 Å². The van der Waals surface area contributed by atoms with Crippen molar-refractivity contribution in [3.05, 3.63) is 64.2 Å². The van der Waals surface area contributed by atoms with Gasteiger partial charge in [0.15, 0.2) is 5.13 Å². The quantitative estimate of drug-likeness (QED) is 0.205. The Kier molecular flexibility index (Phi) is 8.64. The number of rotatable bonds is 10. The maximum absolute atomic E-state index is 12.7. The van der Waals surface area contributed by atoms with Crippen molar-refractivity contribution in [3.63, 3.8) is 0 Å². The van der Waals surface area contributed by atoms with Crippen LogP contribution in [0, 0.1) is 6.92 Å². The van der Waals surface area contributed by atoms with Crippen molar-refractivity contribution in [3.8, 4) is 17.2 Å². The third kappa shape index (κ3) is 7.67. The Labute approximate surface area is 214 Å². The number of aromatic hydroxyl groups is 3. The van der Waals surface area contributed by atoms with Crippen molar-refractivity contribution < 1.29 is 39.6 Å². The van der Waals surface area contributed by atoms with Crippen molar-refractivity contribution in [1.29, 1.82) is 0 Å². The highest BCUT2D eigenvalue weighted by Gasteiger charge is 2.25. The minimum atomic E-state index is -1.50. The second-order valence-corrected chi connectivity index (χ2v) is 8.96. The number of carbonyl (C=O) groups is 4. The Morgan fingerprint density at radius 2 is 1.68 bits per heavy atom. The first-order valence-corrected chi connectivity index (χ1v) is 11.7. The lowest BCUT2D eigenvalue weighted by atomic mass is 10.1. The molecule has 0 radical (unpaired) electrons. The number of carboxylic acid groups (broad SMARTS) is 1. The highest BCUT2D eigenvalue weighted by atomic mass is 32.1. The first kappa shape index (κ1) is 26.9. The molecule has 7 N–H and O–H groups in total. The summed E-state index contributed by atoms with van der Waals surface area (Å²) in [5, 5.41) is 45.4. The van der Waals surface area contributed by atoms with Crippen LogP contribution in [0.2, 0.25) is 0 Å². The molecular weight excluding hydrogens is 504 g/mol. The third-order valence-electron chi connectivity index (χ3n) is 5.04. The zero-order valence-electron chi connectivity index (χ0n) is 19.5. The van der Waals surface area contributed by atoms with Crippen molar-refractivity contribution in [1.82, 2.24) is 15.6 Å². The fourth-order valence-electron chi connectivity index (χ4n) is 3.26. The molecule has 1 heterocycles. The molecule has 37 heavy (non-hydrogen) atoms. The van der Waals surface area contributed by atoms with Gasteiger partial charge in [-0.1, -0.05) is 23.5 Å². The fraction of sp³-hybridized carbons (Fsp3) is 0.208. The number of hydrogen-bond donors (Lipinski definition) is 7. The third-order valence-corrected chi connectivity index (χ3v) is 6.11. The van der Waals surface area contributed by atoms with Gasteiger partial charge in [-0.05, 0) is 43.2 Å². The number of phenolic OH excluding ortho intramolecular Hbond substituents is 3. The van der Waals surface area contributed by atoms with E-state index >= 15 is 0 Å². The minimum absolute atomic E-state index is 0.0822. The maximum Gasteiger partial charge on any atom is 0.328 e. The van der Waals surface area contributed by atoms with E-state index in [1.807, 2.05) is 0 Å². The monoisotopic (exact) mass is 528 g/mol. The summed E-state index contributed by atoms with van der Waals surface area (Å²) in [6, 6.07) is 8.23. The summed E-state index contributed by atoms with van der Waals surface area (Å²) in [4.78, 5) is 53.1. The molecule has 0 aliphatic rings. The van der Waals surface area contributed by atoms with E-state index in [1.165, 1.54) is 13.0 Å². The summed E-state index contributed by atoms with van der Waals surface area (Å²) >= 11 is 0.867. The Morgan fingerprint density at radius 1 is 0.973 bits per heavy atom. The molecule has 0 spiro atoms. The summed E-state index contributed by atoms with van der Waals surface area (Å²) < 4.78 is 0. The number of nitrogens with zero attached hydrogens (tertiary/aromatic N) is 1. The minimum Gasteiger partial charge on any atom is -0.508 e. The van der Waals surface area contributed by atoms with Crippen LogP contribution in [0.1, 0.15) is 37.7 Å². The van der Waals surface area contributed by atoms with Gasteiger partial charge in [0.25, 0.3) is 11.8 Å². The van der Waals surface area contributed by atoms with Crippen LogP contribution in [-0.2, 0) is 16.0 Å². The van der Waals surface area contributed by atoms with Crippen LogP contribution >= 0.6 is 11.3 Å². The van der Waals surface area contributed by atoms with Crippen LogP contribution < -0.4 is 16.0 Å². The lowest BCUT2D eigenvalue weighted by Crippen LogP contribution is -2.48. The first-order valence-electron chi connectivity index (χ1n) is 10.9. The van der Waals surface area contributed by atoms with Gasteiger partial charge < -0.3 is 36.4 Å². The fourth-order valence-corrected chi connectivity index (χ4v) is 4.14. The average Bonchev–Trinajstić information content (AvgIpc) is 3.19. The standard InChI is InChI=1S/C24H24N4O8S/c1-12-20(37-24(26-12)28-19(32)6-5-13-3-2-4-15(29)7-13)22(34)27-18(23(35)36)11-25-21(33)14-8-16(30)10-17(31)9-14/h2-4,7-10,18,29-31H,5-6,11H2,1H3,(H,25,33)(H,27,34)(H,35,36)(H,26,28,32). The van der Waals surface area contributed by atoms with E-state index in [0.29, 0.717) is 6.42 Å². The molecule has 3 amide bonds. The summed E-state index contributed by atoms with van der Waals surface area (Å²) in [6.07, 6.45) is 0.494. The number of aliphatic carboxylic acids is 1. The smallest absolute Gasteiger partial charge is 0.328 e. The Bertz CT molecular complexity index is 1320. The van der Waals surface area contributed by atoms with Gasteiger partial charge in [0, 0.05) is 24.6 Å². The molecule has 2 aromatic carbocycles. The molecule has 0 aliphatic heterocycles. The summed E-state index contributed by atoms with van der Waals surface area (Å²) in [6.45, 7) is 1.05. The van der Waals surface area contributed by atoms with E-state index in [4.69, 9.17) is 0 Å². The van der Waals surface area contributed by atoms with Gasteiger partial charge in [-0.15, -0.1) is 0 Å². The van der Waals surface area contributed by atoms with E-state index in [1.54, 1.807) is 18.2 Å². The molecule has 0 bridgehead atoms. The van der Waals surface area contributed by atoms with Gasteiger partial charge in [0.05, 0.1) is 5.69 Å². The first-order chi connectivity index (χ1) is 17.5. The molecule has 1 unspecified atom stereocenters. The summed E-state index contributed by atoms with van der Waals surface area (Å²) in [5.74, 6) is -3.89. The number of anilines is 1. The van der Waals surface area contributed by atoms with E-state index in [9.17, 15) is 39.6 Å². The number of carbonyl (C=O) groups excluding carboxylic acids is 3. The van der Waals surface area contributed by atoms with E-state index in [2.05, 4.69) is 20.9 Å². The second-order valence-electron chi connectivity index (χ2n) is 7.96. The summed E-state index contributed by atoms with van der Waals surface area (Å²) in [7, 11) is 0. The van der Waals surface area contributed by atoms with Gasteiger partial charge in [-0.3, -0.25) is 14.4 Å². The number of aromatic nitrogens is 1. The number of thiazole rings is 1. The number of nitrogens with one attached hydrogen (secondary N) is 3. The topological polar surface area (TPSA) is 198 Å². The maximum atomic E-state index is 12.7. The molecule has 13 heteroatoms. The van der Waals surface area contributed by atoms with Gasteiger partial charge >= 0.3 is 5.97 Å². The lowest BCUT2D eigenvalue weighted by molar-refractivity contribution is -0.139. The molecule has 194 valence electrons. The van der Waals surface area contributed by atoms with Crippen molar-refractivity contribution in [2.45, 2.75) is 25.8 Å². The SMILES string of the molecule is Cc1nc(NC(=O)CCc2cccc(O)c2)sc1C(=O)NC(CNC(=O)c1cc(O)cc(O)c1)C(=O)O. The van der Waals surface area contributed by atoms with Crippen LogP contribution in [0.15, 0.2) is 42.5 Å². The predicted molar refractivity (Wildman–Crippen MR) is 133 cm³/mol. The predicted octanol–water partition coefficient (Wildman–Crippen LogP) is 1.75. The average molecular weight is 529 g/mol. The number of aryl methyl sites for hydroxylation is 2. The molecule has 12 nitrogen and oxygen atoms in total. The highest BCUT2D eigenvalue weighted by molar-refractivity contribution is 7.17. The Balaban J connectivity index is 1.57. The number of phenols is 3. The van der Waals surface area contributed by atoms with Crippen molar-refractivity contribution in [2.24, 2.45) is 0 Å². The Hall–Kier alpha value is -4.65. The van der Waals surface area contributed by atoms with E-state index in [0.717, 1.165) is 35.1 Å². The summed E-state index contributed by atoms with van der Waals surface area (Å²) in [5.41, 5.74) is 0.947. The van der Waals surface area contributed by atoms with Crippen molar-refractivity contribution >= 4 is 40.2 Å². The van der Waals surface area contributed by atoms with E-state index in [-0.39, 0.29) is 50.8 Å². The molecule has 3 aromatic rings. The largest absolute Gasteiger partial charge is 0.508 e. The van der Waals surface area contributed by atoms with Gasteiger partial charge in [0.1, 0.15) is 28.2 Å². The highest BCUT2D eigenvalue weighted by Crippen LogP contribution is 2.23. The molecular formula is C24H24N4O8S. The van der Waals surface area contributed by atoms with Crippen LogP contribution in [0.25, 0.3) is 0 Å². The molecule has 1 aromatic heterocycles. The number of amides is 3. The second kappa shape index (κ2) is 11.9. The van der Waals surface area contributed by atoms with Crippen LogP contribution in [0.3, 0.4) is 0 Å². The van der Waals surface area contributed by atoms with Gasteiger partial charge in [0.2, 0.25) is 5.91 Å². The number of hydrogen-bond acceptors (Lipinski definition) is 9. The lowest BCUT2D eigenvalue weighted by Gasteiger charge is -2.15. The molecule has 0 saturated heterocycles. The molecule has 3 rings (SSSR count). The molecule has 0 aliphatic carbocycles.